The molecule has 0 amide bonds. The van der Waals surface area contributed by atoms with Gasteiger partial charge in [-0.05, 0) is 46.5 Å². The predicted molar refractivity (Wildman–Crippen MR) is 85.7 cm³/mol. The number of hydrogen-bond acceptors (Lipinski definition) is 2. The molecule has 1 aliphatic rings. The molecule has 0 aliphatic heterocycles. The third-order valence-electron chi connectivity index (χ3n) is 4.96. The van der Waals surface area contributed by atoms with Gasteiger partial charge in [0.05, 0.1) is 22.0 Å². The standard InChI is InChI=1S/C16H27BrN2O/c1-5-12-15(17)13(19(4)18-12)10-14(20)11-8-6-7-9-16(11,2)3/h11,14,20H,5-10H2,1-4H3. The van der Waals surface area contributed by atoms with E-state index < -0.39 is 0 Å². The van der Waals surface area contributed by atoms with Crippen LogP contribution in [0.2, 0.25) is 0 Å². The molecule has 4 heteroatoms. The number of aliphatic hydroxyl groups excluding tert-OH is 1. The molecule has 1 saturated carbocycles. The Kier molecular flexibility index (Phi) is 4.96. The maximum atomic E-state index is 10.7. The van der Waals surface area contributed by atoms with E-state index in [1.54, 1.807) is 0 Å². The van der Waals surface area contributed by atoms with Crippen molar-refractivity contribution in [2.45, 2.75) is 65.4 Å². The van der Waals surface area contributed by atoms with Gasteiger partial charge in [-0.2, -0.15) is 5.10 Å². The lowest BCUT2D eigenvalue weighted by atomic mass is 9.66. The highest BCUT2D eigenvalue weighted by Gasteiger charge is 2.37. The van der Waals surface area contributed by atoms with Crippen LogP contribution in [-0.2, 0) is 19.9 Å². The van der Waals surface area contributed by atoms with Gasteiger partial charge >= 0.3 is 0 Å². The number of hydrogen-bond donors (Lipinski definition) is 1. The van der Waals surface area contributed by atoms with E-state index in [4.69, 9.17) is 0 Å². The molecular formula is C16H27BrN2O. The lowest BCUT2D eigenvalue weighted by molar-refractivity contribution is 0.00478. The van der Waals surface area contributed by atoms with Crippen molar-refractivity contribution in [1.29, 1.82) is 0 Å². The van der Waals surface area contributed by atoms with Gasteiger partial charge < -0.3 is 5.11 Å². The van der Waals surface area contributed by atoms with E-state index in [1.165, 1.54) is 19.3 Å². The third-order valence-corrected chi connectivity index (χ3v) is 5.88. The fraction of sp³-hybridized carbons (Fsp3) is 0.812. The number of rotatable bonds is 4. The number of aromatic nitrogens is 2. The van der Waals surface area contributed by atoms with Crippen molar-refractivity contribution in [2.75, 3.05) is 0 Å². The Bertz CT molecular complexity index is 467. The van der Waals surface area contributed by atoms with Crippen LogP contribution >= 0.6 is 15.9 Å². The molecule has 2 unspecified atom stereocenters. The molecule has 0 bridgehead atoms. The lowest BCUT2D eigenvalue weighted by Crippen LogP contribution is -2.38. The largest absolute Gasteiger partial charge is 0.392 e. The summed E-state index contributed by atoms with van der Waals surface area (Å²) in [4.78, 5) is 0. The average molecular weight is 343 g/mol. The third kappa shape index (κ3) is 3.11. The summed E-state index contributed by atoms with van der Waals surface area (Å²) >= 11 is 3.65. The molecule has 114 valence electrons. The van der Waals surface area contributed by atoms with Gasteiger partial charge in [-0.3, -0.25) is 4.68 Å². The summed E-state index contributed by atoms with van der Waals surface area (Å²) in [6.07, 6.45) is 6.24. The molecule has 1 fully saturated rings. The summed E-state index contributed by atoms with van der Waals surface area (Å²) in [6, 6.07) is 0. The van der Waals surface area contributed by atoms with Gasteiger partial charge in [0.15, 0.2) is 0 Å². The van der Waals surface area contributed by atoms with Crippen molar-refractivity contribution >= 4 is 15.9 Å². The fourth-order valence-corrected chi connectivity index (χ4v) is 4.39. The summed E-state index contributed by atoms with van der Waals surface area (Å²) < 4.78 is 3.00. The molecule has 0 aromatic carbocycles. The van der Waals surface area contributed by atoms with Gasteiger partial charge in [0, 0.05) is 13.5 Å². The van der Waals surface area contributed by atoms with Crippen LogP contribution in [0.5, 0.6) is 0 Å². The van der Waals surface area contributed by atoms with Gasteiger partial charge in [0.1, 0.15) is 0 Å². The van der Waals surface area contributed by atoms with Crippen molar-refractivity contribution in [2.24, 2.45) is 18.4 Å². The van der Waals surface area contributed by atoms with Gasteiger partial charge in [-0.1, -0.05) is 33.6 Å². The molecule has 20 heavy (non-hydrogen) atoms. The molecule has 0 saturated heterocycles. The molecule has 2 atom stereocenters. The van der Waals surface area contributed by atoms with Crippen LogP contribution in [0.25, 0.3) is 0 Å². The van der Waals surface area contributed by atoms with Gasteiger partial charge in [-0.15, -0.1) is 0 Å². The van der Waals surface area contributed by atoms with Crippen LogP contribution in [0.3, 0.4) is 0 Å². The number of aryl methyl sites for hydroxylation is 2. The fourth-order valence-electron chi connectivity index (χ4n) is 3.62. The minimum atomic E-state index is -0.276. The van der Waals surface area contributed by atoms with Crippen LogP contribution in [0, 0.1) is 11.3 Å². The van der Waals surface area contributed by atoms with Gasteiger partial charge in [-0.25, -0.2) is 0 Å². The average Bonchev–Trinajstić information content (AvgIpc) is 2.65. The summed E-state index contributed by atoms with van der Waals surface area (Å²) in [5, 5.41) is 15.3. The summed E-state index contributed by atoms with van der Waals surface area (Å²) in [6.45, 7) is 6.71. The normalized spacial score (nSPS) is 23.8. The topological polar surface area (TPSA) is 38.0 Å². The second-order valence-corrected chi connectivity index (χ2v) is 7.59. The zero-order valence-corrected chi connectivity index (χ0v) is 14.7. The Balaban J connectivity index is 2.15. The summed E-state index contributed by atoms with van der Waals surface area (Å²) in [5.74, 6) is 0.392. The minimum absolute atomic E-state index is 0.246. The maximum Gasteiger partial charge on any atom is 0.0766 e. The van der Waals surface area contributed by atoms with Crippen molar-refractivity contribution in [3.05, 3.63) is 15.9 Å². The van der Waals surface area contributed by atoms with E-state index in [0.717, 1.165) is 28.7 Å². The molecule has 1 heterocycles. The molecular weight excluding hydrogens is 316 g/mol. The molecule has 0 spiro atoms. The summed E-state index contributed by atoms with van der Waals surface area (Å²) in [7, 11) is 1.97. The highest BCUT2D eigenvalue weighted by molar-refractivity contribution is 9.10. The van der Waals surface area contributed by atoms with Crippen LogP contribution < -0.4 is 0 Å². The highest BCUT2D eigenvalue weighted by Crippen LogP contribution is 2.43. The first-order valence-electron chi connectivity index (χ1n) is 7.75. The van der Waals surface area contributed by atoms with Crippen LogP contribution in [0.1, 0.15) is 57.8 Å². The molecule has 2 rings (SSSR count). The Labute approximate surface area is 130 Å². The first kappa shape index (κ1) is 16.0. The molecule has 3 nitrogen and oxygen atoms in total. The second-order valence-electron chi connectivity index (χ2n) is 6.80. The highest BCUT2D eigenvalue weighted by atomic mass is 79.9. The van der Waals surface area contributed by atoms with Crippen LogP contribution in [-0.4, -0.2) is 21.0 Å². The van der Waals surface area contributed by atoms with E-state index in [9.17, 15) is 5.11 Å². The monoisotopic (exact) mass is 342 g/mol. The van der Waals surface area contributed by atoms with E-state index in [-0.39, 0.29) is 11.5 Å². The number of aliphatic hydroxyl groups is 1. The van der Waals surface area contributed by atoms with E-state index in [2.05, 4.69) is 41.8 Å². The predicted octanol–water partition coefficient (Wildman–Crippen LogP) is 3.86. The first-order valence-corrected chi connectivity index (χ1v) is 8.54. The minimum Gasteiger partial charge on any atom is -0.392 e. The van der Waals surface area contributed by atoms with E-state index in [1.807, 2.05) is 11.7 Å². The van der Waals surface area contributed by atoms with Gasteiger partial charge in [0.2, 0.25) is 0 Å². The quantitative estimate of drug-likeness (QED) is 0.901. The Hall–Kier alpha value is -0.350. The molecule has 1 N–H and O–H groups in total. The zero-order valence-electron chi connectivity index (χ0n) is 13.1. The smallest absolute Gasteiger partial charge is 0.0766 e. The maximum absolute atomic E-state index is 10.7. The SMILES string of the molecule is CCc1nn(C)c(CC(O)C2CCCCC2(C)C)c1Br. The number of halogens is 1. The van der Waals surface area contributed by atoms with Crippen molar-refractivity contribution in [1.82, 2.24) is 9.78 Å². The van der Waals surface area contributed by atoms with Crippen molar-refractivity contribution in [3.63, 3.8) is 0 Å². The first-order chi connectivity index (χ1) is 9.36. The number of nitrogens with zero attached hydrogens (tertiary/aromatic N) is 2. The Morgan fingerprint density at radius 1 is 1.45 bits per heavy atom. The van der Waals surface area contributed by atoms with Crippen molar-refractivity contribution < 1.29 is 5.11 Å². The Morgan fingerprint density at radius 2 is 2.15 bits per heavy atom. The molecule has 1 aliphatic carbocycles. The van der Waals surface area contributed by atoms with Crippen LogP contribution in [0.15, 0.2) is 4.47 Å². The van der Waals surface area contributed by atoms with E-state index >= 15 is 0 Å². The molecule has 1 aromatic rings. The van der Waals surface area contributed by atoms with Crippen LogP contribution in [0.4, 0.5) is 0 Å². The summed E-state index contributed by atoms with van der Waals surface area (Å²) in [5.41, 5.74) is 2.45. The van der Waals surface area contributed by atoms with Gasteiger partial charge in [0.25, 0.3) is 0 Å². The lowest BCUT2D eigenvalue weighted by Gasteiger charge is -2.41. The molecule has 0 radical (unpaired) electrons. The zero-order chi connectivity index (χ0) is 14.9. The van der Waals surface area contributed by atoms with E-state index in [0.29, 0.717) is 12.3 Å². The second kappa shape index (κ2) is 6.18. The van der Waals surface area contributed by atoms with Crippen molar-refractivity contribution in [3.8, 4) is 0 Å². The Morgan fingerprint density at radius 3 is 2.70 bits per heavy atom. The molecule has 1 aromatic heterocycles.